The van der Waals surface area contributed by atoms with Gasteiger partial charge in [0, 0.05) is 31.2 Å². The Hall–Kier alpha value is -1.56. The largest absolute Gasteiger partial charge is 0.488 e. The number of benzene rings is 2. The number of nitrogens with one attached hydrogen (secondary N) is 1. The molecule has 0 aromatic heterocycles. The van der Waals surface area contributed by atoms with Crippen LogP contribution < -0.4 is 10.1 Å². The van der Waals surface area contributed by atoms with E-state index in [2.05, 4.69) is 28.2 Å². The van der Waals surface area contributed by atoms with Crippen LogP contribution in [-0.2, 0) is 6.61 Å². The number of ether oxygens (including phenoxy) is 1. The van der Waals surface area contributed by atoms with Gasteiger partial charge in [0.05, 0.1) is 4.47 Å². The van der Waals surface area contributed by atoms with Gasteiger partial charge in [0.2, 0.25) is 0 Å². The number of carbonyl (C=O) groups is 1. The van der Waals surface area contributed by atoms with Gasteiger partial charge in [-0.05, 0) is 52.7 Å². The van der Waals surface area contributed by atoms with Crippen molar-refractivity contribution in [3.8, 4) is 5.75 Å². The summed E-state index contributed by atoms with van der Waals surface area (Å²) in [7, 11) is 0. The highest BCUT2D eigenvalue weighted by Gasteiger charge is 2.23. The van der Waals surface area contributed by atoms with Gasteiger partial charge in [-0.15, -0.1) is 12.4 Å². The highest BCUT2D eigenvalue weighted by Crippen LogP contribution is 2.24. The molecule has 0 spiro atoms. The molecule has 2 aromatic carbocycles. The molecule has 2 aromatic rings. The second-order valence-electron chi connectivity index (χ2n) is 5.97. The van der Waals surface area contributed by atoms with E-state index in [1.807, 2.05) is 53.4 Å². The number of para-hydroxylation sites is 1. The van der Waals surface area contributed by atoms with E-state index < -0.39 is 0 Å². The standard InChI is InChI=1S/C19H21BrN2O2.ClH/c1-14-12-21-10-11-22(14)19(23)16-8-6-15(7-9-16)13-24-18-5-3-2-4-17(18)20;/h2-9,14,21H,10-13H2,1H3;1H. The molecule has 4 nitrogen and oxygen atoms in total. The Bertz CT molecular complexity index is 709. The number of amides is 1. The summed E-state index contributed by atoms with van der Waals surface area (Å²) in [5.41, 5.74) is 1.77. The van der Waals surface area contributed by atoms with E-state index in [9.17, 15) is 4.79 Å². The van der Waals surface area contributed by atoms with Crippen molar-refractivity contribution in [1.82, 2.24) is 10.2 Å². The zero-order valence-corrected chi connectivity index (χ0v) is 16.5. The molecule has 1 saturated heterocycles. The van der Waals surface area contributed by atoms with E-state index in [0.29, 0.717) is 6.61 Å². The van der Waals surface area contributed by atoms with Crippen LogP contribution in [0.25, 0.3) is 0 Å². The molecule has 1 N–H and O–H groups in total. The summed E-state index contributed by atoms with van der Waals surface area (Å²) in [4.78, 5) is 14.5. The van der Waals surface area contributed by atoms with Crippen LogP contribution in [0.5, 0.6) is 5.75 Å². The van der Waals surface area contributed by atoms with Crippen molar-refractivity contribution in [3.05, 3.63) is 64.1 Å². The third-order valence-electron chi connectivity index (χ3n) is 4.19. The zero-order valence-electron chi connectivity index (χ0n) is 14.1. The second-order valence-corrected chi connectivity index (χ2v) is 6.82. The molecule has 1 atom stereocenters. The lowest BCUT2D eigenvalue weighted by Gasteiger charge is -2.34. The van der Waals surface area contributed by atoms with Gasteiger partial charge in [0.15, 0.2) is 0 Å². The first-order valence-electron chi connectivity index (χ1n) is 8.13. The summed E-state index contributed by atoms with van der Waals surface area (Å²) in [5.74, 6) is 0.912. The molecule has 6 heteroatoms. The summed E-state index contributed by atoms with van der Waals surface area (Å²) in [6.07, 6.45) is 0. The maximum atomic E-state index is 12.6. The Morgan fingerprint density at radius 3 is 2.64 bits per heavy atom. The zero-order chi connectivity index (χ0) is 16.9. The van der Waals surface area contributed by atoms with E-state index in [1.165, 1.54) is 0 Å². The van der Waals surface area contributed by atoms with E-state index in [-0.39, 0.29) is 24.4 Å². The monoisotopic (exact) mass is 424 g/mol. The summed E-state index contributed by atoms with van der Waals surface area (Å²) < 4.78 is 6.74. The number of carbonyl (C=O) groups excluding carboxylic acids is 1. The summed E-state index contributed by atoms with van der Waals surface area (Å²) in [5, 5.41) is 3.30. The Balaban J connectivity index is 0.00000225. The molecule has 3 rings (SSSR count). The van der Waals surface area contributed by atoms with Gasteiger partial charge < -0.3 is 15.0 Å². The Morgan fingerprint density at radius 2 is 1.96 bits per heavy atom. The van der Waals surface area contributed by atoms with Crippen LogP contribution in [0.2, 0.25) is 0 Å². The number of halogens is 2. The van der Waals surface area contributed by atoms with Crippen molar-refractivity contribution in [2.75, 3.05) is 19.6 Å². The van der Waals surface area contributed by atoms with Gasteiger partial charge in [0.1, 0.15) is 12.4 Å². The summed E-state index contributed by atoms with van der Waals surface area (Å²) in [6, 6.07) is 15.7. The van der Waals surface area contributed by atoms with Crippen LogP contribution in [0.15, 0.2) is 53.0 Å². The number of nitrogens with zero attached hydrogens (tertiary/aromatic N) is 1. The van der Waals surface area contributed by atoms with Crippen LogP contribution in [0.4, 0.5) is 0 Å². The lowest BCUT2D eigenvalue weighted by molar-refractivity contribution is 0.0655. The molecule has 1 amide bonds. The third kappa shape index (κ3) is 4.97. The van der Waals surface area contributed by atoms with Gasteiger partial charge in [0.25, 0.3) is 5.91 Å². The van der Waals surface area contributed by atoms with Gasteiger partial charge in [-0.2, -0.15) is 0 Å². The highest BCUT2D eigenvalue weighted by atomic mass is 79.9. The fraction of sp³-hybridized carbons (Fsp3) is 0.316. The predicted molar refractivity (Wildman–Crippen MR) is 106 cm³/mol. The average molecular weight is 426 g/mol. The topological polar surface area (TPSA) is 41.6 Å². The number of hydrogen-bond acceptors (Lipinski definition) is 3. The molecule has 1 aliphatic heterocycles. The summed E-state index contributed by atoms with van der Waals surface area (Å²) >= 11 is 3.47. The van der Waals surface area contributed by atoms with Crippen LogP contribution in [0, 0.1) is 0 Å². The Morgan fingerprint density at radius 1 is 1.24 bits per heavy atom. The van der Waals surface area contributed by atoms with E-state index in [1.54, 1.807) is 0 Å². The highest BCUT2D eigenvalue weighted by molar-refractivity contribution is 9.10. The predicted octanol–water partition coefficient (Wildman–Crippen LogP) is 3.88. The fourth-order valence-corrected chi connectivity index (χ4v) is 3.17. The second kappa shape index (κ2) is 9.22. The molecule has 1 unspecified atom stereocenters. The molecule has 1 fully saturated rings. The van der Waals surface area contributed by atoms with Crippen molar-refractivity contribution in [3.63, 3.8) is 0 Å². The van der Waals surface area contributed by atoms with Crippen molar-refractivity contribution in [2.45, 2.75) is 19.6 Å². The van der Waals surface area contributed by atoms with E-state index in [0.717, 1.165) is 41.0 Å². The quantitative estimate of drug-likeness (QED) is 0.808. The minimum Gasteiger partial charge on any atom is -0.488 e. The lowest BCUT2D eigenvalue weighted by Crippen LogP contribution is -2.52. The molecule has 0 saturated carbocycles. The normalized spacial score (nSPS) is 16.9. The maximum absolute atomic E-state index is 12.6. The first kappa shape index (κ1) is 19.8. The smallest absolute Gasteiger partial charge is 0.254 e. The summed E-state index contributed by atoms with van der Waals surface area (Å²) in [6.45, 7) is 5.01. The molecular formula is C19H22BrClN2O2. The minimum atomic E-state index is 0. The molecule has 134 valence electrons. The van der Waals surface area contributed by atoms with Crippen molar-refractivity contribution >= 4 is 34.2 Å². The molecule has 25 heavy (non-hydrogen) atoms. The van der Waals surface area contributed by atoms with Crippen LogP contribution >= 0.6 is 28.3 Å². The first-order valence-corrected chi connectivity index (χ1v) is 8.92. The minimum absolute atomic E-state index is 0. The molecule has 1 heterocycles. The van der Waals surface area contributed by atoms with Crippen molar-refractivity contribution < 1.29 is 9.53 Å². The van der Waals surface area contributed by atoms with Gasteiger partial charge in [-0.1, -0.05) is 24.3 Å². The first-order chi connectivity index (χ1) is 11.6. The number of hydrogen-bond donors (Lipinski definition) is 1. The number of piperazine rings is 1. The van der Waals surface area contributed by atoms with Crippen molar-refractivity contribution in [2.24, 2.45) is 0 Å². The van der Waals surface area contributed by atoms with E-state index >= 15 is 0 Å². The van der Waals surface area contributed by atoms with Crippen molar-refractivity contribution in [1.29, 1.82) is 0 Å². The molecular weight excluding hydrogens is 404 g/mol. The van der Waals surface area contributed by atoms with Crippen LogP contribution in [0.1, 0.15) is 22.8 Å². The number of rotatable bonds is 4. The van der Waals surface area contributed by atoms with Gasteiger partial charge in [-0.3, -0.25) is 4.79 Å². The molecule has 1 aliphatic rings. The Labute approximate surface area is 163 Å². The maximum Gasteiger partial charge on any atom is 0.254 e. The molecule has 0 bridgehead atoms. The SMILES string of the molecule is CC1CNCCN1C(=O)c1ccc(COc2ccccc2Br)cc1.Cl. The molecule has 0 aliphatic carbocycles. The fourth-order valence-electron chi connectivity index (χ4n) is 2.77. The van der Waals surface area contributed by atoms with Gasteiger partial charge in [-0.25, -0.2) is 0 Å². The van der Waals surface area contributed by atoms with Crippen LogP contribution in [-0.4, -0.2) is 36.5 Å². The Kier molecular flexibility index (Phi) is 7.29. The average Bonchev–Trinajstić information content (AvgIpc) is 2.61. The third-order valence-corrected chi connectivity index (χ3v) is 4.85. The van der Waals surface area contributed by atoms with Gasteiger partial charge >= 0.3 is 0 Å². The lowest BCUT2D eigenvalue weighted by atomic mass is 10.1. The van der Waals surface area contributed by atoms with Crippen LogP contribution in [0.3, 0.4) is 0 Å². The van der Waals surface area contributed by atoms with E-state index in [4.69, 9.17) is 4.74 Å². The molecule has 0 radical (unpaired) electrons.